The summed E-state index contributed by atoms with van der Waals surface area (Å²) in [6.07, 6.45) is 2.55. The molecule has 0 spiro atoms. The van der Waals surface area contributed by atoms with Crippen LogP contribution >= 0.6 is 11.8 Å². The van der Waals surface area contributed by atoms with E-state index < -0.39 is 11.9 Å². The molecule has 24 heavy (non-hydrogen) atoms. The standard InChI is InChI=1S/C17H22N4O2S/c18-16(23)13-6-3-10-21(13)15(22)11-24-14-7-2-1-5-12(14)17-19-8-4-9-20-17/h1-2,5,7,13H,3-4,6,8-11H2,(H2,18,23)(H,19,20)/t13-/m0/s1. The number of nitrogens with two attached hydrogens (primary N) is 1. The van der Waals surface area contributed by atoms with Gasteiger partial charge < -0.3 is 16.0 Å². The molecule has 2 heterocycles. The maximum Gasteiger partial charge on any atom is 0.240 e. The van der Waals surface area contributed by atoms with Crippen molar-refractivity contribution in [3.63, 3.8) is 0 Å². The van der Waals surface area contributed by atoms with E-state index in [-0.39, 0.29) is 5.91 Å². The molecule has 7 heteroatoms. The highest BCUT2D eigenvalue weighted by molar-refractivity contribution is 8.00. The molecule has 128 valence electrons. The second-order valence-electron chi connectivity index (χ2n) is 5.94. The summed E-state index contributed by atoms with van der Waals surface area (Å²) in [6, 6.07) is 7.51. The number of benzene rings is 1. The quantitative estimate of drug-likeness (QED) is 0.779. The number of aliphatic imine (C=N–C) groups is 1. The van der Waals surface area contributed by atoms with E-state index in [2.05, 4.69) is 10.3 Å². The van der Waals surface area contributed by atoms with Crippen molar-refractivity contribution < 1.29 is 9.59 Å². The summed E-state index contributed by atoms with van der Waals surface area (Å²) in [4.78, 5) is 31.1. The Bertz CT molecular complexity index is 662. The Balaban J connectivity index is 1.67. The van der Waals surface area contributed by atoms with Gasteiger partial charge in [-0.15, -0.1) is 11.8 Å². The monoisotopic (exact) mass is 346 g/mol. The van der Waals surface area contributed by atoms with Crippen LogP contribution in [0.2, 0.25) is 0 Å². The Hall–Kier alpha value is -2.02. The topological polar surface area (TPSA) is 87.8 Å². The third kappa shape index (κ3) is 3.72. The van der Waals surface area contributed by atoms with Crippen LogP contribution in [0.4, 0.5) is 0 Å². The number of rotatable bonds is 5. The molecule has 3 rings (SSSR count). The summed E-state index contributed by atoms with van der Waals surface area (Å²) in [6.45, 7) is 2.36. The van der Waals surface area contributed by atoms with Crippen LogP contribution in [0.15, 0.2) is 34.2 Å². The van der Waals surface area contributed by atoms with Gasteiger partial charge in [-0.25, -0.2) is 0 Å². The van der Waals surface area contributed by atoms with Gasteiger partial charge in [0.25, 0.3) is 0 Å². The van der Waals surface area contributed by atoms with Gasteiger partial charge in [-0.05, 0) is 25.3 Å². The SMILES string of the molecule is NC(=O)[C@@H]1CCCN1C(=O)CSc1ccccc1C1=NCCCN1. The summed E-state index contributed by atoms with van der Waals surface area (Å²) in [5.41, 5.74) is 6.42. The molecule has 6 nitrogen and oxygen atoms in total. The van der Waals surface area contributed by atoms with Crippen LogP contribution in [-0.4, -0.2) is 54.0 Å². The molecule has 0 radical (unpaired) electrons. The number of thioether (sulfide) groups is 1. The highest BCUT2D eigenvalue weighted by atomic mass is 32.2. The molecule has 2 aliphatic heterocycles. The summed E-state index contributed by atoms with van der Waals surface area (Å²) < 4.78 is 0. The van der Waals surface area contributed by atoms with Crippen LogP contribution in [0.1, 0.15) is 24.8 Å². The van der Waals surface area contributed by atoms with Gasteiger partial charge in [-0.3, -0.25) is 14.6 Å². The molecule has 1 aromatic carbocycles. The molecule has 0 saturated carbocycles. The van der Waals surface area contributed by atoms with E-state index in [1.807, 2.05) is 24.3 Å². The van der Waals surface area contributed by atoms with Crippen molar-refractivity contribution in [1.29, 1.82) is 0 Å². The van der Waals surface area contributed by atoms with Crippen molar-refractivity contribution in [2.75, 3.05) is 25.4 Å². The number of hydrogen-bond donors (Lipinski definition) is 2. The Morgan fingerprint density at radius 3 is 2.92 bits per heavy atom. The zero-order chi connectivity index (χ0) is 16.9. The lowest BCUT2D eigenvalue weighted by Gasteiger charge is -2.22. The van der Waals surface area contributed by atoms with Gasteiger partial charge in [-0.1, -0.05) is 18.2 Å². The lowest BCUT2D eigenvalue weighted by atomic mass is 10.2. The molecule has 1 saturated heterocycles. The molecule has 3 N–H and O–H groups in total. The average Bonchev–Trinajstić information content (AvgIpc) is 3.11. The number of hydrogen-bond acceptors (Lipinski definition) is 5. The lowest BCUT2D eigenvalue weighted by Crippen LogP contribution is -2.44. The van der Waals surface area contributed by atoms with E-state index in [1.54, 1.807) is 4.90 Å². The van der Waals surface area contributed by atoms with Crippen LogP contribution in [0.5, 0.6) is 0 Å². The number of nitrogens with one attached hydrogen (secondary N) is 1. The molecule has 0 bridgehead atoms. The fourth-order valence-corrected chi connectivity index (χ4v) is 4.02. The molecule has 1 aromatic rings. The Kier molecular flexibility index (Phi) is 5.40. The van der Waals surface area contributed by atoms with Crippen LogP contribution < -0.4 is 11.1 Å². The van der Waals surface area contributed by atoms with Crippen molar-refractivity contribution in [2.45, 2.75) is 30.2 Å². The van der Waals surface area contributed by atoms with Crippen LogP contribution in [0.3, 0.4) is 0 Å². The fraction of sp³-hybridized carbons (Fsp3) is 0.471. The van der Waals surface area contributed by atoms with Gasteiger partial charge in [0.2, 0.25) is 11.8 Å². The molecule has 2 aliphatic rings. The van der Waals surface area contributed by atoms with Gasteiger partial charge >= 0.3 is 0 Å². The Labute approximate surface area is 145 Å². The van der Waals surface area contributed by atoms with Gasteiger partial charge in [0.05, 0.1) is 5.75 Å². The second-order valence-corrected chi connectivity index (χ2v) is 6.96. The lowest BCUT2D eigenvalue weighted by molar-refractivity contribution is -0.135. The van der Waals surface area contributed by atoms with Crippen molar-refractivity contribution in [2.24, 2.45) is 10.7 Å². The molecule has 2 amide bonds. The van der Waals surface area contributed by atoms with E-state index in [4.69, 9.17) is 5.73 Å². The predicted octanol–water partition coefficient (Wildman–Crippen LogP) is 0.995. The van der Waals surface area contributed by atoms with E-state index in [9.17, 15) is 9.59 Å². The molecule has 1 fully saturated rings. The summed E-state index contributed by atoms with van der Waals surface area (Å²) in [5, 5.41) is 3.32. The maximum atomic E-state index is 12.5. The van der Waals surface area contributed by atoms with E-state index in [0.29, 0.717) is 18.7 Å². The average molecular weight is 346 g/mol. The third-order valence-corrected chi connectivity index (χ3v) is 5.35. The van der Waals surface area contributed by atoms with E-state index in [1.165, 1.54) is 11.8 Å². The summed E-state index contributed by atoms with van der Waals surface area (Å²) in [5.74, 6) is 0.753. The van der Waals surface area contributed by atoms with Gasteiger partial charge in [0.1, 0.15) is 11.9 Å². The molecular formula is C17H22N4O2S. The molecule has 0 unspecified atom stereocenters. The van der Waals surface area contributed by atoms with Crippen LogP contribution in [0.25, 0.3) is 0 Å². The van der Waals surface area contributed by atoms with Crippen molar-refractivity contribution in [3.05, 3.63) is 29.8 Å². The van der Waals surface area contributed by atoms with Crippen LogP contribution in [0, 0.1) is 0 Å². The molecular weight excluding hydrogens is 324 g/mol. The molecule has 1 atom stereocenters. The van der Waals surface area contributed by atoms with Crippen molar-refractivity contribution in [1.82, 2.24) is 10.2 Å². The molecule has 0 aromatic heterocycles. The zero-order valence-corrected chi connectivity index (χ0v) is 14.3. The highest BCUT2D eigenvalue weighted by Crippen LogP contribution is 2.25. The number of carbonyl (C=O) groups is 2. The number of amides is 2. The smallest absolute Gasteiger partial charge is 0.240 e. The van der Waals surface area contributed by atoms with Gasteiger partial charge in [0.15, 0.2) is 0 Å². The first-order chi connectivity index (χ1) is 11.7. The normalized spacial score (nSPS) is 20.4. The maximum absolute atomic E-state index is 12.5. The minimum Gasteiger partial charge on any atom is -0.370 e. The third-order valence-electron chi connectivity index (χ3n) is 4.29. The van der Waals surface area contributed by atoms with E-state index in [0.717, 1.165) is 42.2 Å². The van der Waals surface area contributed by atoms with E-state index >= 15 is 0 Å². The van der Waals surface area contributed by atoms with Crippen LogP contribution in [-0.2, 0) is 9.59 Å². The minimum atomic E-state index is -0.447. The largest absolute Gasteiger partial charge is 0.370 e. The first-order valence-corrected chi connectivity index (χ1v) is 9.24. The molecule has 0 aliphatic carbocycles. The number of amidine groups is 1. The first-order valence-electron chi connectivity index (χ1n) is 8.26. The predicted molar refractivity (Wildman–Crippen MR) is 95.1 cm³/mol. The number of primary amides is 1. The van der Waals surface area contributed by atoms with Gasteiger partial charge in [-0.2, -0.15) is 0 Å². The first kappa shape index (κ1) is 16.8. The summed E-state index contributed by atoms with van der Waals surface area (Å²) >= 11 is 1.49. The highest BCUT2D eigenvalue weighted by Gasteiger charge is 2.32. The fourth-order valence-electron chi connectivity index (χ4n) is 3.08. The van der Waals surface area contributed by atoms with Crippen molar-refractivity contribution in [3.8, 4) is 0 Å². The number of likely N-dealkylation sites (tertiary alicyclic amines) is 1. The second kappa shape index (κ2) is 7.70. The summed E-state index contributed by atoms with van der Waals surface area (Å²) in [7, 11) is 0. The number of carbonyl (C=O) groups excluding carboxylic acids is 2. The minimum absolute atomic E-state index is 0.0327. The van der Waals surface area contributed by atoms with Gasteiger partial charge in [0, 0.05) is 30.1 Å². The van der Waals surface area contributed by atoms with Crippen molar-refractivity contribution >= 4 is 29.4 Å². The Morgan fingerprint density at radius 1 is 1.33 bits per heavy atom. The zero-order valence-electron chi connectivity index (χ0n) is 13.5. The number of nitrogens with zero attached hydrogens (tertiary/aromatic N) is 2. The Morgan fingerprint density at radius 2 is 2.17 bits per heavy atom.